The molecule has 0 radical (unpaired) electrons. The number of hydrogen-bond donors (Lipinski definition) is 3. The molecule has 110 valence electrons. The molecule has 18 heavy (non-hydrogen) atoms. The number of hydrogen-bond acceptors (Lipinski definition) is 4. The zero-order valence-electron chi connectivity index (χ0n) is 12.4. The van der Waals surface area contributed by atoms with Crippen LogP contribution in [0, 0.1) is 5.92 Å². The van der Waals surface area contributed by atoms with E-state index in [1.807, 2.05) is 6.92 Å². The molecule has 0 aromatic rings. The van der Waals surface area contributed by atoms with E-state index < -0.39 is 11.7 Å². The summed E-state index contributed by atoms with van der Waals surface area (Å²) in [4.78, 5) is 0. The Hall–Kier alpha value is -0.160. The van der Waals surface area contributed by atoms with Crippen LogP contribution in [0.15, 0.2) is 0 Å². The molecule has 0 fully saturated rings. The lowest BCUT2D eigenvalue weighted by atomic mass is 10.0. The van der Waals surface area contributed by atoms with Gasteiger partial charge in [-0.25, -0.2) is 0 Å². The minimum Gasteiger partial charge on any atom is -0.389 e. The van der Waals surface area contributed by atoms with Crippen LogP contribution < -0.4 is 5.32 Å². The first-order valence-corrected chi connectivity index (χ1v) is 7.06. The summed E-state index contributed by atoms with van der Waals surface area (Å²) < 4.78 is 5.40. The Morgan fingerprint density at radius 3 is 2.56 bits per heavy atom. The van der Waals surface area contributed by atoms with Crippen LogP contribution in [-0.4, -0.2) is 48.2 Å². The molecule has 0 spiro atoms. The Kier molecular flexibility index (Phi) is 9.64. The monoisotopic (exact) mass is 261 g/mol. The smallest absolute Gasteiger partial charge is 0.0897 e. The molecule has 0 saturated carbocycles. The number of aliphatic hydroxyl groups excluding tert-OH is 1. The van der Waals surface area contributed by atoms with E-state index in [9.17, 15) is 10.2 Å². The lowest BCUT2D eigenvalue weighted by Crippen LogP contribution is -2.41. The molecule has 0 saturated heterocycles. The van der Waals surface area contributed by atoms with Crippen molar-refractivity contribution in [1.82, 2.24) is 5.32 Å². The summed E-state index contributed by atoms with van der Waals surface area (Å²) in [5.74, 6) is 0.705. The van der Waals surface area contributed by atoms with Gasteiger partial charge in [0.1, 0.15) is 0 Å². The van der Waals surface area contributed by atoms with Gasteiger partial charge in [-0.05, 0) is 32.1 Å². The summed E-state index contributed by atoms with van der Waals surface area (Å²) in [6.07, 6.45) is 2.40. The molecule has 0 rings (SSSR count). The molecule has 0 amide bonds. The summed E-state index contributed by atoms with van der Waals surface area (Å²) in [5.41, 5.74) is -0.697. The Morgan fingerprint density at radius 2 is 2.00 bits per heavy atom. The van der Waals surface area contributed by atoms with Crippen LogP contribution in [0.5, 0.6) is 0 Å². The molecule has 0 aliphatic rings. The Labute approximate surface area is 112 Å². The summed E-state index contributed by atoms with van der Waals surface area (Å²) in [6.45, 7) is 10.1. The van der Waals surface area contributed by atoms with Crippen molar-refractivity contribution in [3.63, 3.8) is 0 Å². The molecule has 0 bridgehead atoms. The van der Waals surface area contributed by atoms with Crippen molar-refractivity contribution in [3.05, 3.63) is 0 Å². The molecule has 0 aliphatic heterocycles. The largest absolute Gasteiger partial charge is 0.389 e. The van der Waals surface area contributed by atoms with E-state index in [0.717, 1.165) is 12.8 Å². The minimum absolute atomic E-state index is 0.360. The minimum atomic E-state index is -0.697. The Morgan fingerprint density at radius 1 is 1.33 bits per heavy atom. The molecule has 2 unspecified atom stereocenters. The number of rotatable bonds is 11. The van der Waals surface area contributed by atoms with Gasteiger partial charge in [0.2, 0.25) is 0 Å². The highest BCUT2D eigenvalue weighted by molar-refractivity contribution is 4.74. The highest BCUT2D eigenvalue weighted by atomic mass is 16.5. The highest BCUT2D eigenvalue weighted by Crippen LogP contribution is 2.06. The third-order valence-corrected chi connectivity index (χ3v) is 3.03. The molecular weight excluding hydrogens is 230 g/mol. The zero-order chi connectivity index (χ0) is 14.0. The predicted molar refractivity (Wildman–Crippen MR) is 74.7 cm³/mol. The predicted octanol–water partition coefficient (Wildman–Crippen LogP) is 1.55. The fourth-order valence-electron chi connectivity index (χ4n) is 1.51. The van der Waals surface area contributed by atoms with Crippen molar-refractivity contribution in [2.45, 2.75) is 58.7 Å². The van der Waals surface area contributed by atoms with Crippen molar-refractivity contribution in [3.8, 4) is 0 Å². The van der Waals surface area contributed by atoms with Gasteiger partial charge in [0, 0.05) is 19.7 Å². The first-order chi connectivity index (χ1) is 8.37. The van der Waals surface area contributed by atoms with Gasteiger partial charge in [-0.15, -0.1) is 0 Å². The van der Waals surface area contributed by atoms with Crippen LogP contribution in [0.4, 0.5) is 0 Å². The topological polar surface area (TPSA) is 61.7 Å². The number of aliphatic hydroxyl groups is 2. The normalized spacial score (nSPS) is 16.8. The van der Waals surface area contributed by atoms with Gasteiger partial charge in [-0.2, -0.15) is 0 Å². The number of ether oxygens (including phenoxy) is 1. The first-order valence-electron chi connectivity index (χ1n) is 7.06. The lowest BCUT2D eigenvalue weighted by molar-refractivity contribution is 0.0244. The summed E-state index contributed by atoms with van der Waals surface area (Å²) in [7, 11) is 0. The van der Waals surface area contributed by atoms with Gasteiger partial charge in [-0.1, -0.05) is 20.8 Å². The maximum Gasteiger partial charge on any atom is 0.0897 e. The van der Waals surface area contributed by atoms with E-state index in [0.29, 0.717) is 38.6 Å². The lowest BCUT2D eigenvalue weighted by Gasteiger charge is -2.22. The van der Waals surface area contributed by atoms with Crippen molar-refractivity contribution >= 4 is 0 Å². The molecule has 4 nitrogen and oxygen atoms in total. The van der Waals surface area contributed by atoms with Gasteiger partial charge < -0.3 is 20.3 Å². The van der Waals surface area contributed by atoms with Crippen molar-refractivity contribution in [1.29, 1.82) is 0 Å². The zero-order valence-corrected chi connectivity index (χ0v) is 12.4. The van der Waals surface area contributed by atoms with Gasteiger partial charge in [0.15, 0.2) is 0 Å². The quantitative estimate of drug-likeness (QED) is 0.494. The maximum atomic E-state index is 9.76. The molecule has 3 N–H and O–H groups in total. The fourth-order valence-corrected chi connectivity index (χ4v) is 1.51. The summed E-state index contributed by atoms with van der Waals surface area (Å²) >= 11 is 0. The molecule has 0 aromatic heterocycles. The second-order valence-electron chi connectivity index (χ2n) is 5.75. The average Bonchev–Trinajstić information content (AvgIpc) is 2.28. The van der Waals surface area contributed by atoms with Gasteiger partial charge >= 0.3 is 0 Å². The highest BCUT2D eigenvalue weighted by Gasteiger charge is 2.17. The second-order valence-corrected chi connectivity index (χ2v) is 5.75. The first kappa shape index (κ1) is 17.8. The molecule has 2 atom stereocenters. The average molecular weight is 261 g/mol. The van der Waals surface area contributed by atoms with Gasteiger partial charge in [0.25, 0.3) is 0 Å². The van der Waals surface area contributed by atoms with E-state index in [-0.39, 0.29) is 0 Å². The van der Waals surface area contributed by atoms with E-state index in [1.165, 1.54) is 0 Å². The van der Waals surface area contributed by atoms with Crippen molar-refractivity contribution in [2.24, 2.45) is 5.92 Å². The third-order valence-electron chi connectivity index (χ3n) is 3.03. The van der Waals surface area contributed by atoms with E-state index >= 15 is 0 Å². The molecule has 0 aliphatic carbocycles. The molecule has 0 heterocycles. The van der Waals surface area contributed by atoms with Crippen molar-refractivity contribution in [2.75, 3.05) is 26.3 Å². The van der Waals surface area contributed by atoms with Crippen LogP contribution in [0.3, 0.4) is 0 Å². The Balaban J connectivity index is 3.40. The Bertz CT molecular complexity index is 195. The fraction of sp³-hybridized carbons (Fsp3) is 1.00. The van der Waals surface area contributed by atoms with Crippen LogP contribution in [-0.2, 0) is 4.74 Å². The van der Waals surface area contributed by atoms with Crippen LogP contribution in [0.25, 0.3) is 0 Å². The summed E-state index contributed by atoms with van der Waals surface area (Å²) in [5, 5.41) is 22.5. The maximum absolute atomic E-state index is 9.76. The van der Waals surface area contributed by atoms with Crippen LogP contribution >= 0.6 is 0 Å². The van der Waals surface area contributed by atoms with Crippen LogP contribution in [0.1, 0.15) is 47.0 Å². The SMILES string of the molecule is CCC(C)(O)CNCC(O)COCCCC(C)C. The van der Waals surface area contributed by atoms with E-state index in [1.54, 1.807) is 6.92 Å². The molecule has 0 aromatic carbocycles. The van der Waals surface area contributed by atoms with E-state index in [2.05, 4.69) is 19.2 Å². The summed E-state index contributed by atoms with van der Waals surface area (Å²) in [6, 6.07) is 0. The number of nitrogens with one attached hydrogen (secondary N) is 1. The molecular formula is C14H31NO3. The second kappa shape index (κ2) is 9.73. The molecule has 4 heteroatoms. The van der Waals surface area contributed by atoms with E-state index in [4.69, 9.17) is 4.74 Å². The van der Waals surface area contributed by atoms with Crippen LogP contribution in [0.2, 0.25) is 0 Å². The third kappa shape index (κ3) is 11.0. The van der Waals surface area contributed by atoms with Gasteiger partial charge in [-0.3, -0.25) is 0 Å². The van der Waals surface area contributed by atoms with Gasteiger partial charge in [0.05, 0.1) is 18.3 Å². The van der Waals surface area contributed by atoms with Crippen molar-refractivity contribution < 1.29 is 14.9 Å². The standard InChI is InChI=1S/C14H31NO3/c1-5-14(4,17)11-15-9-13(16)10-18-8-6-7-12(2)3/h12-13,15-17H,5-11H2,1-4H3.